The second-order valence-electron chi connectivity index (χ2n) is 4.71. The summed E-state index contributed by atoms with van der Waals surface area (Å²) in [5.41, 5.74) is 1.68. The molecule has 1 N–H and O–H groups in total. The van der Waals surface area contributed by atoms with Gasteiger partial charge in [0.15, 0.2) is 0 Å². The average molecular weight is 280 g/mol. The summed E-state index contributed by atoms with van der Waals surface area (Å²) in [5.74, 6) is -0.0262. The number of hydrogen-bond donors (Lipinski definition) is 2. The van der Waals surface area contributed by atoms with Gasteiger partial charge in [-0.25, -0.2) is 0 Å². The highest BCUT2D eigenvalue weighted by atomic mass is 32.1. The van der Waals surface area contributed by atoms with Crippen molar-refractivity contribution in [2.75, 3.05) is 39.4 Å². The first-order valence-electron chi connectivity index (χ1n) is 6.55. The number of benzene rings is 1. The molecule has 104 valence electrons. The third kappa shape index (κ3) is 4.23. The van der Waals surface area contributed by atoms with Gasteiger partial charge in [-0.15, -0.1) is 12.6 Å². The molecule has 4 nitrogen and oxygen atoms in total. The Kier molecular flexibility index (Phi) is 5.24. The van der Waals surface area contributed by atoms with Gasteiger partial charge in [0, 0.05) is 36.6 Å². The van der Waals surface area contributed by atoms with Gasteiger partial charge in [0.1, 0.15) is 0 Å². The van der Waals surface area contributed by atoms with Crippen molar-refractivity contribution < 1.29 is 9.53 Å². The van der Waals surface area contributed by atoms with Crippen LogP contribution in [-0.2, 0) is 4.74 Å². The minimum absolute atomic E-state index is 0.0262. The topological polar surface area (TPSA) is 41.6 Å². The first-order valence-corrected chi connectivity index (χ1v) is 6.99. The summed E-state index contributed by atoms with van der Waals surface area (Å²) in [5, 5.41) is 2.96. The zero-order chi connectivity index (χ0) is 13.7. The van der Waals surface area contributed by atoms with Crippen LogP contribution in [0.15, 0.2) is 23.1 Å². The molecule has 1 aromatic carbocycles. The molecule has 19 heavy (non-hydrogen) atoms. The molecule has 0 bridgehead atoms. The maximum absolute atomic E-state index is 12.1. The van der Waals surface area contributed by atoms with Gasteiger partial charge in [0.25, 0.3) is 5.91 Å². The molecule has 0 atom stereocenters. The van der Waals surface area contributed by atoms with E-state index in [1.807, 2.05) is 25.1 Å². The molecule has 1 aromatic rings. The number of thiol groups is 1. The monoisotopic (exact) mass is 280 g/mol. The van der Waals surface area contributed by atoms with Crippen molar-refractivity contribution in [2.45, 2.75) is 11.8 Å². The first kappa shape index (κ1) is 14.4. The molecule has 0 aliphatic carbocycles. The maximum atomic E-state index is 12.1. The lowest BCUT2D eigenvalue weighted by Gasteiger charge is -2.26. The molecule has 1 heterocycles. The molecule has 2 rings (SSSR count). The average Bonchev–Trinajstić information content (AvgIpc) is 2.42. The summed E-state index contributed by atoms with van der Waals surface area (Å²) in [6.07, 6.45) is 0. The summed E-state index contributed by atoms with van der Waals surface area (Å²) in [4.78, 5) is 15.2. The molecule has 0 aromatic heterocycles. The molecule has 0 spiro atoms. The molecule has 5 heteroatoms. The molecular formula is C14H20N2O2S. The molecule has 1 aliphatic rings. The largest absolute Gasteiger partial charge is 0.379 e. The Morgan fingerprint density at radius 1 is 1.42 bits per heavy atom. The number of hydrogen-bond acceptors (Lipinski definition) is 4. The van der Waals surface area contributed by atoms with Gasteiger partial charge in [0.2, 0.25) is 0 Å². The smallest absolute Gasteiger partial charge is 0.251 e. The van der Waals surface area contributed by atoms with Gasteiger partial charge in [0.05, 0.1) is 13.2 Å². The lowest BCUT2D eigenvalue weighted by atomic mass is 10.1. The molecule has 1 saturated heterocycles. The number of nitrogens with zero attached hydrogens (tertiary/aromatic N) is 1. The van der Waals surface area contributed by atoms with E-state index in [1.54, 1.807) is 0 Å². The lowest BCUT2D eigenvalue weighted by molar-refractivity contribution is 0.0383. The highest BCUT2D eigenvalue weighted by Gasteiger charge is 2.12. The third-order valence-corrected chi connectivity index (χ3v) is 3.56. The molecule has 1 amide bonds. The van der Waals surface area contributed by atoms with E-state index in [0.29, 0.717) is 12.1 Å². The summed E-state index contributed by atoms with van der Waals surface area (Å²) in [7, 11) is 0. The Hall–Kier alpha value is -1.04. The van der Waals surface area contributed by atoms with Crippen LogP contribution in [0.25, 0.3) is 0 Å². The minimum Gasteiger partial charge on any atom is -0.379 e. The Labute approximate surface area is 119 Å². The SMILES string of the molecule is Cc1ccc(S)cc1C(=O)NCCN1CCOCC1. The third-order valence-electron chi connectivity index (χ3n) is 3.28. The van der Waals surface area contributed by atoms with Crippen LogP contribution in [0, 0.1) is 6.92 Å². The zero-order valence-electron chi connectivity index (χ0n) is 11.2. The van der Waals surface area contributed by atoms with Crippen molar-refractivity contribution in [3.8, 4) is 0 Å². The fourth-order valence-corrected chi connectivity index (χ4v) is 2.31. The number of amides is 1. The van der Waals surface area contributed by atoms with Gasteiger partial charge >= 0.3 is 0 Å². The van der Waals surface area contributed by atoms with Crippen molar-refractivity contribution in [2.24, 2.45) is 0 Å². The van der Waals surface area contributed by atoms with E-state index < -0.39 is 0 Å². The van der Waals surface area contributed by atoms with Gasteiger partial charge in [-0.2, -0.15) is 0 Å². The summed E-state index contributed by atoms with van der Waals surface area (Å²) >= 11 is 4.27. The van der Waals surface area contributed by atoms with Gasteiger partial charge in [-0.3, -0.25) is 9.69 Å². The van der Waals surface area contributed by atoms with Gasteiger partial charge in [-0.1, -0.05) is 6.07 Å². The maximum Gasteiger partial charge on any atom is 0.251 e. The van der Waals surface area contributed by atoms with Crippen molar-refractivity contribution in [1.29, 1.82) is 0 Å². The van der Waals surface area contributed by atoms with Crippen LogP contribution in [0.1, 0.15) is 15.9 Å². The Balaban J connectivity index is 1.82. The van der Waals surface area contributed by atoms with E-state index in [1.165, 1.54) is 0 Å². The van der Waals surface area contributed by atoms with Crippen molar-refractivity contribution in [1.82, 2.24) is 10.2 Å². The number of carbonyl (C=O) groups is 1. The molecule has 0 radical (unpaired) electrons. The Bertz CT molecular complexity index is 445. The van der Waals surface area contributed by atoms with Crippen molar-refractivity contribution >= 4 is 18.5 Å². The molecule has 0 saturated carbocycles. The molecule has 0 unspecified atom stereocenters. The standard InChI is InChI=1S/C14H20N2O2S/c1-11-2-3-12(19)10-13(11)14(17)15-4-5-16-6-8-18-9-7-16/h2-3,10,19H,4-9H2,1H3,(H,15,17). The first-order chi connectivity index (χ1) is 9.16. The number of ether oxygens (including phenoxy) is 1. The predicted octanol–water partition coefficient (Wildman–Crippen LogP) is 1.35. The van der Waals surface area contributed by atoms with Crippen LogP contribution < -0.4 is 5.32 Å². The van der Waals surface area contributed by atoms with Crippen LogP contribution >= 0.6 is 12.6 Å². The predicted molar refractivity (Wildman–Crippen MR) is 78.0 cm³/mol. The van der Waals surface area contributed by atoms with Crippen LogP contribution in [-0.4, -0.2) is 50.2 Å². The van der Waals surface area contributed by atoms with E-state index in [0.717, 1.165) is 43.3 Å². The molecular weight excluding hydrogens is 260 g/mol. The lowest BCUT2D eigenvalue weighted by Crippen LogP contribution is -2.41. The fourth-order valence-electron chi connectivity index (χ4n) is 2.10. The Morgan fingerprint density at radius 3 is 2.89 bits per heavy atom. The summed E-state index contributed by atoms with van der Waals surface area (Å²) in [6, 6.07) is 5.62. The van der Waals surface area contributed by atoms with Crippen molar-refractivity contribution in [3.63, 3.8) is 0 Å². The minimum atomic E-state index is -0.0262. The van der Waals surface area contributed by atoms with E-state index >= 15 is 0 Å². The highest BCUT2D eigenvalue weighted by Crippen LogP contribution is 2.13. The second kappa shape index (κ2) is 6.93. The number of rotatable bonds is 4. The van der Waals surface area contributed by atoms with Crippen molar-refractivity contribution in [3.05, 3.63) is 29.3 Å². The van der Waals surface area contributed by atoms with Crippen LogP contribution in [0.5, 0.6) is 0 Å². The van der Waals surface area contributed by atoms with E-state index in [-0.39, 0.29) is 5.91 Å². The normalized spacial score (nSPS) is 16.3. The number of carbonyl (C=O) groups excluding carboxylic acids is 1. The second-order valence-corrected chi connectivity index (χ2v) is 5.23. The number of aryl methyl sites for hydroxylation is 1. The quantitative estimate of drug-likeness (QED) is 0.818. The number of morpholine rings is 1. The van der Waals surface area contributed by atoms with Gasteiger partial charge in [-0.05, 0) is 24.6 Å². The van der Waals surface area contributed by atoms with E-state index in [4.69, 9.17) is 4.74 Å². The van der Waals surface area contributed by atoms with Crippen LogP contribution in [0.3, 0.4) is 0 Å². The van der Waals surface area contributed by atoms with Gasteiger partial charge < -0.3 is 10.1 Å². The van der Waals surface area contributed by atoms with E-state index in [2.05, 4.69) is 22.8 Å². The molecule has 1 aliphatic heterocycles. The van der Waals surface area contributed by atoms with Crippen LogP contribution in [0.4, 0.5) is 0 Å². The molecule has 1 fully saturated rings. The summed E-state index contributed by atoms with van der Waals surface area (Å²) in [6.45, 7) is 6.93. The zero-order valence-corrected chi connectivity index (χ0v) is 12.1. The number of nitrogens with one attached hydrogen (secondary N) is 1. The van der Waals surface area contributed by atoms with E-state index in [9.17, 15) is 4.79 Å². The highest BCUT2D eigenvalue weighted by molar-refractivity contribution is 7.80. The summed E-state index contributed by atoms with van der Waals surface area (Å²) < 4.78 is 5.29. The fraction of sp³-hybridized carbons (Fsp3) is 0.500. The Morgan fingerprint density at radius 2 is 2.16 bits per heavy atom. The van der Waals surface area contributed by atoms with Crippen LogP contribution in [0.2, 0.25) is 0 Å².